The van der Waals surface area contributed by atoms with Crippen LogP contribution < -0.4 is 0 Å². The number of amides is 1. The molecule has 0 heterocycles. The van der Waals surface area contributed by atoms with Crippen LogP contribution in [0, 0.1) is 6.92 Å². The van der Waals surface area contributed by atoms with E-state index in [1.807, 2.05) is 36.9 Å². The van der Waals surface area contributed by atoms with Gasteiger partial charge in [0.2, 0.25) is 5.91 Å². The molecule has 0 aromatic heterocycles. The van der Waals surface area contributed by atoms with E-state index in [1.165, 1.54) is 5.56 Å². The van der Waals surface area contributed by atoms with Crippen molar-refractivity contribution in [2.45, 2.75) is 46.1 Å². The highest BCUT2D eigenvalue weighted by molar-refractivity contribution is 5.76. The van der Waals surface area contributed by atoms with Crippen LogP contribution >= 0.6 is 0 Å². The number of rotatable bonds is 8. The molecule has 0 spiro atoms. The van der Waals surface area contributed by atoms with Gasteiger partial charge in [-0.25, -0.2) is 0 Å². The van der Waals surface area contributed by atoms with Gasteiger partial charge in [0, 0.05) is 25.9 Å². The van der Waals surface area contributed by atoms with Crippen LogP contribution in [0.2, 0.25) is 0 Å². The molecular weight excluding hydrogens is 254 g/mol. The molecule has 0 radical (unpaired) electrons. The summed E-state index contributed by atoms with van der Waals surface area (Å²) in [5, 5.41) is 8.56. The van der Waals surface area contributed by atoms with Crippen LogP contribution in [0.5, 0.6) is 0 Å². The summed E-state index contributed by atoms with van der Waals surface area (Å²) in [5.74, 6) is -0.705. The molecule has 0 unspecified atom stereocenters. The van der Waals surface area contributed by atoms with Crippen molar-refractivity contribution in [3.63, 3.8) is 0 Å². The number of aliphatic carboxylic acids is 1. The highest BCUT2D eigenvalue weighted by atomic mass is 16.4. The van der Waals surface area contributed by atoms with Gasteiger partial charge in [0.1, 0.15) is 0 Å². The standard InChI is InChI=1S/C16H23NO3/c1-3-17(12-14-8-6-7-13(2)11-14)15(18)9-4-5-10-16(19)20/h6-8,11H,3-5,9-10,12H2,1-2H3,(H,19,20). The van der Waals surface area contributed by atoms with Crippen molar-refractivity contribution in [1.29, 1.82) is 0 Å². The fourth-order valence-electron chi connectivity index (χ4n) is 2.12. The second kappa shape index (κ2) is 8.35. The van der Waals surface area contributed by atoms with Crippen molar-refractivity contribution >= 4 is 11.9 Å². The summed E-state index contributed by atoms with van der Waals surface area (Å²) in [5.41, 5.74) is 2.32. The monoisotopic (exact) mass is 277 g/mol. The first-order chi connectivity index (χ1) is 9.52. The molecule has 0 bridgehead atoms. The van der Waals surface area contributed by atoms with Crippen LogP contribution in [-0.2, 0) is 16.1 Å². The second-order valence-corrected chi connectivity index (χ2v) is 5.00. The average molecular weight is 277 g/mol. The summed E-state index contributed by atoms with van der Waals surface area (Å²) in [4.78, 5) is 24.3. The third kappa shape index (κ3) is 5.87. The predicted molar refractivity (Wildman–Crippen MR) is 78.4 cm³/mol. The first kappa shape index (κ1) is 16.2. The Labute approximate surface area is 120 Å². The van der Waals surface area contributed by atoms with Gasteiger partial charge in [-0.1, -0.05) is 29.8 Å². The Morgan fingerprint density at radius 1 is 1.20 bits per heavy atom. The smallest absolute Gasteiger partial charge is 0.303 e. The normalized spacial score (nSPS) is 10.3. The molecule has 0 saturated heterocycles. The average Bonchev–Trinajstić information content (AvgIpc) is 2.40. The SMILES string of the molecule is CCN(Cc1cccc(C)c1)C(=O)CCCCC(=O)O. The molecule has 4 heteroatoms. The van der Waals surface area contributed by atoms with Crippen LogP contribution in [0.25, 0.3) is 0 Å². The first-order valence-corrected chi connectivity index (χ1v) is 7.08. The largest absolute Gasteiger partial charge is 0.481 e. The number of aryl methyl sites for hydroxylation is 1. The van der Waals surface area contributed by atoms with Gasteiger partial charge in [-0.3, -0.25) is 9.59 Å². The summed E-state index contributed by atoms with van der Waals surface area (Å²) in [7, 11) is 0. The van der Waals surface area contributed by atoms with Crippen molar-refractivity contribution in [2.75, 3.05) is 6.54 Å². The fourth-order valence-corrected chi connectivity index (χ4v) is 2.12. The molecule has 0 aliphatic carbocycles. The minimum Gasteiger partial charge on any atom is -0.481 e. The van der Waals surface area contributed by atoms with E-state index < -0.39 is 5.97 Å². The molecule has 0 aliphatic rings. The summed E-state index contributed by atoms with van der Waals surface area (Å²) in [6.07, 6.45) is 1.75. The maximum Gasteiger partial charge on any atom is 0.303 e. The van der Waals surface area contributed by atoms with Gasteiger partial charge in [-0.2, -0.15) is 0 Å². The first-order valence-electron chi connectivity index (χ1n) is 7.08. The molecule has 4 nitrogen and oxygen atoms in total. The molecule has 1 rings (SSSR count). The van der Waals surface area contributed by atoms with Gasteiger partial charge < -0.3 is 10.0 Å². The zero-order chi connectivity index (χ0) is 15.0. The fraction of sp³-hybridized carbons (Fsp3) is 0.500. The molecule has 0 fully saturated rings. The van der Waals surface area contributed by atoms with E-state index in [-0.39, 0.29) is 12.3 Å². The highest BCUT2D eigenvalue weighted by Gasteiger charge is 2.12. The number of hydrogen-bond donors (Lipinski definition) is 1. The molecule has 1 aromatic carbocycles. The number of hydrogen-bond acceptors (Lipinski definition) is 2. The second-order valence-electron chi connectivity index (χ2n) is 5.00. The number of nitrogens with zero attached hydrogens (tertiary/aromatic N) is 1. The van der Waals surface area contributed by atoms with E-state index in [0.29, 0.717) is 32.4 Å². The number of carboxylic acids is 1. The molecule has 110 valence electrons. The molecular formula is C16H23NO3. The number of benzene rings is 1. The van der Waals surface area contributed by atoms with Gasteiger partial charge >= 0.3 is 5.97 Å². The summed E-state index contributed by atoms with van der Waals surface area (Å²) in [6.45, 7) is 5.29. The molecule has 20 heavy (non-hydrogen) atoms. The van der Waals surface area contributed by atoms with E-state index in [0.717, 1.165) is 5.56 Å². The Bertz CT molecular complexity index is 457. The van der Waals surface area contributed by atoms with Crippen LogP contribution in [0.4, 0.5) is 0 Å². The zero-order valence-corrected chi connectivity index (χ0v) is 12.3. The lowest BCUT2D eigenvalue weighted by Gasteiger charge is -2.21. The maximum atomic E-state index is 12.1. The maximum absolute atomic E-state index is 12.1. The van der Waals surface area contributed by atoms with Gasteiger partial charge in [0.15, 0.2) is 0 Å². The van der Waals surface area contributed by atoms with E-state index in [2.05, 4.69) is 6.07 Å². The Kier molecular flexibility index (Phi) is 6.77. The lowest BCUT2D eigenvalue weighted by Crippen LogP contribution is -2.30. The van der Waals surface area contributed by atoms with Crippen molar-refractivity contribution in [1.82, 2.24) is 4.90 Å². The lowest BCUT2D eigenvalue weighted by atomic mass is 10.1. The quantitative estimate of drug-likeness (QED) is 0.743. The predicted octanol–water partition coefficient (Wildman–Crippen LogP) is 2.99. The van der Waals surface area contributed by atoms with Crippen LogP contribution in [0.3, 0.4) is 0 Å². The molecule has 0 aliphatic heterocycles. The molecule has 0 atom stereocenters. The van der Waals surface area contributed by atoms with E-state index in [9.17, 15) is 9.59 Å². The Balaban J connectivity index is 2.44. The molecule has 1 N–H and O–H groups in total. The number of carboxylic acid groups (broad SMARTS) is 1. The molecule has 0 saturated carbocycles. The molecule has 1 aromatic rings. The Hall–Kier alpha value is -1.84. The minimum absolute atomic E-state index is 0.0967. The van der Waals surface area contributed by atoms with E-state index in [4.69, 9.17) is 5.11 Å². The van der Waals surface area contributed by atoms with Gasteiger partial charge in [-0.05, 0) is 32.3 Å². The topological polar surface area (TPSA) is 57.6 Å². The highest BCUT2D eigenvalue weighted by Crippen LogP contribution is 2.10. The minimum atomic E-state index is -0.801. The van der Waals surface area contributed by atoms with Crippen molar-refractivity contribution < 1.29 is 14.7 Å². The summed E-state index contributed by atoms with van der Waals surface area (Å²) in [6, 6.07) is 8.14. The van der Waals surface area contributed by atoms with Crippen LogP contribution in [0.1, 0.15) is 43.7 Å². The van der Waals surface area contributed by atoms with E-state index in [1.54, 1.807) is 0 Å². The van der Waals surface area contributed by atoms with Crippen molar-refractivity contribution in [3.05, 3.63) is 35.4 Å². The van der Waals surface area contributed by atoms with Crippen LogP contribution in [0.15, 0.2) is 24.3 Å². The number of unbranched alkanes of at least 4 members (excludes halogenated alkanes) is 1. The third-order valence-electron chi connectivity index (χ3n) is 3.22. The number of carbonyl (C=O) groups excluding carboxylic acids is 1. The van der Waals surface area contributed by atoms with Crippen molar-refractivity contribution in [3.8, 4) is 0 Å². The lowest BCUT2D eigenvalue weighted by molar-refractivity contribution is -0.137. The summed E-state index contributed by atoms with van der Waals surface area (Å²) >= 11 is 0. The summed E-state index contributed by atoms with van der Waals surface area (Å²) < 4.78 is 0. The van der Waals surface area contributed by atoms with Gasteiger partial charge in [-0.15, -0.1) is 0 Å². The van der Waals surface area contributed by atoms with Crippen LogP contribution in [-0.4, -0.2) is 28.4 Å². The van der Waals surface area contributed by atoms with Gasteiger partial charge in [0.05, 0.1) is 0 Å². The van der Waals surface area contributed by atoms with Crippen molar-refractivity contribution in [2.24, 2.45) is 0 Å². The Morgan fingerprint density at radius 2 is 1.90 bits per heavy atom. The molecule has 1 amide bonds. The number of carbonyl (C=O) groups is 2. The van der Waals surface area contributed by atoms with E-state index >= 15 is 0 Å². The Morgan fingerprint density at radius 3 is 2.50 bits per heavy atom. The van der Waals surface area contributed by atoms with Gasteiger partial charge in [0.25, 0.3) is 0 Å². The third-order valence-corrected chi connectivity index (χ3v) is 3.22. The zero-order valence-electron chi connectivity index (χ0n) is 12.3.